The molecule has 0 aliphatic heterocycles. The van der Waals surface area contributed by atoms with Gasteiger partial charge in [0, 0.05) is 0 Å². The molecule has 7 heteroatoms. The van der Waals surface area contributed by atoms with Gasteiger partial charge in [0.1, 0.15) is 0 Å². The molecule has 0 saturated heterocycles. The van der Waals surface area contributed by atoms with Gasteiger partial charge in [-0.3, -0.25) is 5.04 Å². The van der Waals surface area contributed by atoms with Crippen LogP contribution >= 0.6 is 0 Å². The molecule has 12 heavy (non-hydrogen) atoms. The molecule has 0 unspecified atom stereocenters. The minimum Gasteiger partial charge on any atom is -0.689 e. The topological polar surface area (TPSA) is 78.4 Å². The van der Waals surface area contributed by atoms with Crippen molar-refractivity contribution in [2.75, 3.05) is 0 Å². The number of hydrogen-bond acceptors (Lipinski definition) is 7. The van der Waals surface area contributed by atoms with E-state index in [0.717, 1.165) is 25.7 Å². The minimum absolute atomic E-state index is 0.0155. The van der Waals surface area contributed by atoms with Crippen LogP contribution in [-0.2, 0) is 30.1 Å². The Balaban J connectivity index is 1.81. The van der Waals surface area contributed by atoms with Crippen LogP contribution < -0.4 is 5.26 Å². The molecule has 0 N–H and O–H groups in total. The van der Waals surface area contributed by atoms with Crippen molar-refractivity contribution in [2.24, 2.45) is 0 Å². The first-order chi connectivity index (χ1) is 5.93. The van der Waals surface area contributed by atoms with Crippen LogP contribution in [0.4, 0.5) is 0 Å². The fraction of sp³-hybridized carbons (Fsp3) is 1.00. The Morgan fingerprint density at radius 2 is 1.58 bits per heavy atom. The lowest BCUT2D eigenvalue weighted by atomic mass is 10.3. The van der Waals surface area contributed by atoms with Crippen LogP contribution in [0.1, 0.15) is 25.7 Å². The van der Waals surface area contributed by atoms with Gasteiger partial charge in [0.2, 0.25) is 0 Å². The third kappa shape index (κ3) is 3.93. The molecule has 0 radical (unpaired) electrons. The van der Waals surface area contributed by atoms with Crippen molar-refractivity contribution in [3.05, 3.63) is 0 Å². The molecule has 7 nitrogen and oxygen atoms in total. The van der Waals surface area contributed by atoms with Crippen LogP contribution in [0.5, 0.6) is 0 Å². The maximum atomic E-state index is 9.13. The van der Waals surface area contributed by atoms with Gasteiger partial charge in [-0.2, -0.15) is 0 Å². The Labute approximate surface area is 68.2 Å². The lowest BCUT2D eigenvalue weighted by Gasteiger charge is -2.06. The molecule has 0 bridgehead atoms. The summed E-state index contributed by atoms with van der Waals surface area (Å²) >= 11 is 0. The average Bonchev–Trinajstić information content (AvgIpc) is 2.57. The fourth-order valence-corrected chi connectivity index (χ4v) is 1.09. The van der Waals surface area contributed by atoms with E-state index >= 15 is 0 Å². The molecule has 0 aromatic carbocycles. The SMILES string of the molecule is [O-]OOOOOOC1CCCC1. The highest BCUT2D eigenvalue weighted by Crippen LogP contribution is 2.20. The van der Waals surface area contributed by atoms with Crippen molar-refractivity contribution >= 4 is 0 Å². The largest absolute Gasteiger partial charge is 0.689 e. The van der Waals surface area contributed by atoms with E-state index in [4.69, 9.17) is 5.26 Å². The second-order valence-corrected chi connectivity index (χ2v) is 2.34. The summed E-state index contributed by atoms with van der Waals surface area (Å²) in [6.45, 7) is 0. The fourth-order valence-electron chi connectivity index (χ4n) is 1.09. The van der Waals surface area contributed by atoms with Crippen LogP contribution in [0.25, 0.3) is 0 Å². The molecule has 0 atom stereocenters. The highest BCUT2D eigenvalue weighted by Gasteiger charge is 2.16. The summed E-state index contributed by atoms with van der Waals surface area (Å²) in [7, 11) is 0. The third-order valence-electron chi connectivity index (χ3n) is 1.59. The summed E-state index contributed by atoms with van der Waals surface area (Å²) in [6.07, 6.45) is 4.07. The molecular formula is C5H9O7-. The van der Waals surface area contributed by atoms with Crippen molar-refractivity contribution in [3.8, 4) is 0 Å². The molecule has 0 aromatic rings. The van der Waals surface area contributed by atoms with Crippen molar-refractivity contribution < 1.29 is 35.3 Å². The second-order valence-electron chi connectivity index (χ2n) is 2.34. The van der Waals surface area contributed by atoms with E-state index in [1.165, 1.54) is 0 Å². The van der Waals surface area contributed by atoms with Gasteiger partial charge in [0.05, 0.1) is 6.10 Å². The zero-order valence-corrected chi connectivity index (χ0v) is 6.26. The van der Waals surface area contributed by atoms with Gasteiger partial charge in [-0.05, 0) is 33.0 Å². The van der Waals surface area contributed by atoms with E-state index < -0.39 is 0 Å². The number of rotatable bonds is 6. The summed E-state index contributed by atoms with van der Waals surface area (Å²) in [4.78, 5) is 4.66. The summed E-state index contributed by atoms with van der Waals surface area (Å²) in [5, 5.41) is 26.6. The third-order valence-corrected chi connectivity index (χ3v) is 1.59. The Kier molecular flexibility index (Phi) is 5.11. The zero-order valence-electron chi connectivity index (χ0n) is 6.26. The minimum atomic E-state index is 0.0155. The van der Waals surface area contributed by atoms with E-state index in [0.29, 0.717) is 0 Å². The van der Waals surface area contributed by atoms with Gasteiger partial charge >= 0.3 is 0 Å². The molecule has 72 valence electrons. The van der Waals surface area contributed by atoms with Gasteiger partial charge in [-0.15, -0.1) is 0 Å². The van der Waals surface area contributed by atoms with Crippen molar-refractivity contribution in [1.82, 2.24) is 0 Å². The standard InChI is InChI=1S/C5H10O7/c6-8-10-12-11-9-7-5-3-1-2-4-5/h5-6H,1-4H2/p-1. The van der Waals surface area contributed by atoms with Crippen molar-refractivity contribution in [3.63, 3.8) is 0 Å². The molecule has 1 saturated carbocycles. The zero-order chi connectivity index (χ0) is 8.65. The quantitative estimate of drug-likeness (QED) is 0.321. The predicted octanol–water partition coefficient (Wildman–Crippen LogP) is -0.121. The lowest BCUT2D eigenvalue weighted by molar-refractivity contribution is -0.899. The van der Waals surface area contributed by atoms with Crippen LogP contribution in [0.15, 0.2) is 0 Å². The van der Waals surface area contributed by atoms with Crippen LogP contribution in [-0.4, -0.2) is 6.10 Å². The molecule has 0 aromatic heterocycles. The monoisotopic (exact) mass is 181 g/mol. The molecule has 0 heterocycles. The Bertz CT molecular complexity index is 102. The molecular weight excluding hydrogens is 172 g/mol. The molecule has 0 spiro atoms. The second kappa shape index (κ2) is 6.26. The molecule has 1 aliphatic carbocycles. The molecule has 1 fully saturated rings. The van der Waals surface area contributed by atoms with Gasteiger partial charge in [0.25, 0.3) is 0 Å². The summed E-state index contributed by atoms with van der Waals surface area (Å²) < 4.78 is 0. The Morgan fingerprint density at radius 1 is 0.917 bits per heavy atom. The smallest absolute Gasteiger partial charge is 0.0962 e. The van der Waals surface area contributed by atoms with E-state index in [1.807, 2.05) is 0 Å². The van der Waals surface area contributed by atoms with Gasteiger partial charge in [-0.1, -0.05) is 12.8 Å². The number of hydrogen-bond donors (Lipinski definition) is 0. The van der Waals surface area contributed by atoms with E-state index in [2.05, 4.69) is 30.1 Å². The van der Waals surface area contributed by atoms with Crippen molar-refractivity contribution in [2.45, 2.75) is 31.8 Å². The first-order valence-electron chi connectivity index (χ1n) is 3.55. The summed E-state index contributed by atoms with van der Waals surface area (Å²) in [6, 6.07) is 0. The molecule has 1 aliphatic rings. The van der Waals surface area contributed by atoms with Gasteiger partial charge in [0.15, 0.2) is 0 Å². The van der Waals surface area contributed by atoms with E-state index in [1.54, 1.807) is 0 Å². The molecule has 0 amide bonds. The predicted molar refractivity (Wildman–Crippen MR) is 28.8 cm³/mol. The lowest BCUT2D eigenvalue weighted by Crippen LogP contribution is -2.11. The Morgan fingerprint density at radius 3 is 2.25 bits per heavy atom. The van der Waals surface area contributed by atoms with Crippen LogP contribution in [0, 0.1) is 0 Å². The van der Waals surface area contributed by atoms with Crippen LogP contribution in [0.2, 0.25) is 0 Å². The molecule has 1 rings (SSSR count). The highest BCUT2D eigenvalue weighted by molar-refractivity contribution is 4.64. The van der Waals surface area contributed by atoms with Gasteiger partial charge in [-0.25, -0.2) is 4.89 Å². The van der Waals surface area contributed by atoms with Crippen LogP contribution in [0.3, 0.4) is 0 Å². The maximum absolute atomic E-state index is 9.13. The maximum Gasteiger partial charge on any atom is 0.0962 e. The highest BCUT2D eigenvalue weighted by atomic mass is 17.9. The summed E-state index contributed by atoms with van der Waals surface area (Å²) in [5.41, 5.74) is 0. The first-order valence-corrected chi connectivity index (χ1v) is 3.55. The van der Waals surface area contributed by atoms with Crippen molar-refractivity contribution in [1.29, 1.82) is 0 Å². The normalized spacial score (nSPS) is 18.8. The first kappa shape index (κ1) is 9.81. The Hall–Kier alpha value is -0.280. The van der Waals surface area contributed by atoms with E-state index in [-0.39, 0.29) is 6.10 Å². The summed E-state index contributed by atoms with van der Waals surface area (Å²) in [5.74, 6) is 0. The van der Waals surface area contributed by atoms with Gasteiger partial charge < -0.3 is 5.26 Å². The van der Waals surface area contributed by atoms with E-state index in [9.17, 15) is 0 Å². The average molecular weight is 181 g/mol.